The average Bonchev–Trinajstić information content (AvgIpc) is 3.52. The van der Waals surface area contributed by atoms with Gasteiger partial charge in [0.15, 0.2) is 0 Å². The first-order valence-electron chi connectivity index (χ1n) is 12.6. The molecule has 1 radical (unpaired) electrons. The van der Waals surface area contributed by atoms with E-state index in [1.165, 1.54) is 48.1 Å². The Bertz CT molecular complexity index is 1660. The van der Waals surface area contributed by atoms with Gasteiger partial charge in [0.25, 0.3) is 0 Å². The fraction of sp³-hybridized carbons (Fsp3) is 0.182. The number of nitrogens with zero attached hydrogens (tertiary/aromatic N) is 2. The maximum Gasteiger partial charge on any atom is 0.0602 e. The molecule has 187 valence electrons. The Morgan fingerprint density at radius 1 is 0.757 bits per heavy atom. The number of aromatic nitrogens is 2. The molecule has 2 nitrogen and oxygen atoms in total. The van der Waals surface area contributed by atoms with Crippen LogP contribution in [0.25, 0.3) is 48.4 Å². The van der Waals surface area contributed by atoms with E-state index < -0.39 is 0 Å². The molecular formula is C33H29IrN2S-. The van der Waals surface area contributed by atoms with Crippen LogP contribution in [0.4, 0.5) is 0 Å². The maximum atomic E-state index is 4.73. The van der Waals surface area contributed by atoms with Gasteiger partial charge in [-0.3, -0.25) is 4.98 Å². The van der Waals surface area contributed by atoms with Crippen LogP contribution < -0.4 is 0 Å². The summed E-state index contributed by atoms with van der Waals surface area (Å²) in [5.74, 6) is 1.65. The summed E-state index contributed by atoms with van der Waals surface area (Å²) in [6.07, 6.45) is 3.99. The third-order valence-electron chi connectivity index (χ3n) is 6.96. The molecule has 4 aromatic carbocycles. The van der Waals surface area contributed by atoms with Crippen LogP contribution in [0.5, 0.6) is 0 Å². The summed E-state index contributed by atoms with van der Waals surface area (Å²) in [5, 5.41) is 2.68. The summed E-state index contributed by atoms with van der Waals surface area (Å²) in [6.45, 7) is 9.14. The van der Waals surface area contributed by atoms with E-state index in [2.05, 4.69) is 105 Å². The van der Waals surface area contributed by atoms with Crippen molar-refractivity contribution in [2.45, 2.75) is 39.5 Å². The molecule has 0 aliphatic heterocycles. The average molecular weight is 678 g/mol. The predicted octanol–water partition coefficient (Wildman–Crippen LogP) is 9.62. The molecule has 0 amide bonds. The first kappa shape index (κ1) is 25.6. The van der Waals surface area contributed by atoms with Crippen LogP contribution in [-0.4, -0.2) is 9.55 Å². The van der Waals surface area contributed by atoms with Gasteiger partial charge in [-0.15, -0.1) is 47.2 Å². The van der Waals surface area contributed by atoms with Gasteiger partial charge in [0.2, 0.25) is 0 Å². The van der Waals surface area contributed by atoms with Crippen molar-refractivity contribution in [3.63, 3.8) is 0 Å². The van der Waals surface area contributed by atoms with Gasteiger partial charge in [-0.1, -0.05) is 58.0 Å². The van der Waals surface area contributed by atoms with Crippen molar-refractivity contribution in [2.24, 2.45) is 0 Å². The second-order valence-electron chi connectivity index (χ2n) is 10.0. The van der Waals surface area contributed by atoms with Gasteiger partial charge in [0.1, 0.15) is 0 Å². The summed E-state index contributed by atoms with van der Waals surface area (Å²) in [6, 6.07) is 31.9. The smallest absolute Gasteiger partial charge is 0.0602 e. The predicted molar refractivity (Wildman–Crippen MR) is 154 cm³/mol. The van der Waals surface area contributed by atoms with Gasteiger partial charge < -0.3 is 4.57 Å². The van der Waals surface area contributed by atoms with Gasteiger partial charge >= 0.3 is 0 Å². The summed E-state index contributed by atoms with van der Waals surface area (Å²) >= 11 is 1.88. The second-order valence-corrected chi connectivity index (χ2v) is 11.1. The molecule has 2 heterocycles. The second kappa shape index (κ2) is 10.4. The Labute approximate surface area is 236 Å². The molecule has 0 spiro atoms. The summed E-state index contributed by atoms with van der Waals surface area (Å²) in [4.78, 5) is 4.73. The van der Waals surface area contributed by atoms with Gasteiger partial charge in [0.05, 0.1) is 5.82 Å². The number of rotatable bonds is 5. The molecule has 6 aromatic rings. The number of benzene rings is 4. The number of hydrogen-bond donors (Lipinski definition) is 0. The van der Waals surface area contributed by atoms with Gasteiger partial charge in [-0.05, 0) is 58.4 Å². The van der Waals surface area contributed by atoms with Gasteiger partial charge in [-0.2, -0.15) is 0 Å². The topological polar surface area (TPSA) is 17.8 Å². The third kappa shape index (κ3) is 4.59. The molecule has 0 bridgehead atoms. The van der Waals surface area contributed by atoms with Crippen molar-refractivity contribution in [3.05, 3.63) is 108 Å². The van der Waals surface area contributed by atoms with Crippen molar-refractivity contribution >= 4 is 31.5 Å². The molecule has 4 heteroatoms. The van der Waals surface area contributed by atoms with Crippen LogP contribution in [0.15, 0.2) is 91.3 Å². The largest absolute Gasteiger partial charge is 0.340 e. The number of imidazole rings is 1. The van der Waals surface area contributed by atoms with Crippen molar-refractivity contribution in [2.75, 3.05) is 0 Å². The first-order chi connectivity index (χ1) is 17.5. The molecule has 0 aliphatic carbocycles. The van der Waals surface area contributed by atoms with Crippen LogP contribution in [0, 0.1) is 6.07 Å². The molecule has 37 heavy (non-hydrogen) atoms. The molecule has 6 rings (SSSR count). The Kier molecular flexibility index (Phi) is 7.18. The minimum Gasteiger partial charge on any atom is -0.340 e. The molecular weight excluding hydrogens is 649 g/mol. The summed E-state index contributed by atoms with van der Waals surface area (Å²) in [7, 11) is 0. The zero-order valence-electron chi connectivity index (χ0n) is 21.5. The zero-order valence-corrected chi connectivity index (χ0v) is 24.7. The van der Waals surface area contributed by atoms with Crippen LogP contribution in [0.2, 0.25) is 0 Å². The molecule has 0 fully saturated rings. The molecule has 0 aliphatic rings. The van der Waals surface area contributed by atoms with E-state index in [9.17, 15) is 0 Å². The minimum absolute atomic E-state index is 0. The van der Waals surface area contributed by atoms with Crippen molar-refractivity contribution in [1.82, 2.24) is 9.55 Å². The minimum atomic E-state index is 0. The van der Waals surface area contributed by atoms with Gasteiger partial charge in [-0.25, -0.2) is 0 Å². The summed E-state index contributed by atoms with van der Waals surface area (Å²) < 4.78 is 4.94. The molecule has 0 saturated carbocycles. The molecule has 0 unspecified atom stereocenters. The van der Waals surface area contributed by atoms with E-state index in [0.717, 1.165) is 11.4 Å². The van der Waals surface area contributed by atoms with E-state index in [1.54, 1.807) is 0 Å². The van der Waals surface area contributed by atoms with E-state index in [1.807, 2.05) is 35.7 Å². The van der Waals surface area contributed by atoms with Crippen molar-refractivity contribution in [1.29, 1.82) is 0 Å². The monoisotopic (exact) mass is 678 g/mol. The van der Waals surface area contributed by atoms with E-state index >= 15 is 0 Å². The Morgan fingerprint density at radius 3 is 2.16 bits per heavy atom. The standard InChI is InChI=1S/C33H29N2S.Ir/c1-21(2)28-18-25(24-14-15-27-26-12-8-9-13-30(26)36-31(27)20-24)19-29(22(3)4)32(28)35-17-16-34-33(35)23-10-6-5-7-11-23;/h5-10,12-22H,1-4H3;/q-1;. The number of thiophene rings is 1. The molecule has 0 atom stereocenters. The van der Waals surface area contributed by atoms with Crippen LogP contribution >= 0.6 is 11.3 Å². The SMILES string of the molecule is CC(C)c1cc(-c2ccc3c(c2)sc2ccccc23)cc(C(C)C)c1-n1ccnc1-c1[c-]cccc1.[Ir]. The Hall–Kier alpha value is -3.04. The van der Waals surface area contributed by atoms with Crippen molar-refractivity contribution in [3.8, 4) is 28.2 Å². The van der Waals surface area contributed by atoms with Crippen LogP contribution in [0.3, 0.4) is 0 Å². The molecule has 0 saturated heterocycles. The van der Waals surface area contributed by atoms with Gasteiger partial charge in [0, 0.05) is 58.4 Å². The molecule has 0 N–H and O–H groups in total. The quantitative estimate of drug-likeness (QED) is 0.166. The van der Waals surface area contributed by atoms with Crippen molar-refractivity contribution < 1.29 is 20.1 Å². The Morgan fingerprint density at radius 2 is 1.46 bits per heavy atom. The summed E-state index contributed by atoms with van der Waals surface area (Å²) in [5.41, 5.74) is 7.47. The fourth-order valence-electron chi connectivity index (χ4n) is 5.13. The maximum absolute atomic E-state index is 4.73. The first-order valence-corrected chi connectivity index (χ1v) is 13.4. The van der Waals surface area contributed by atoms with E-state index in [4.69, 9.17) is 4.98 Å². The normalized spacial score (nSPS) is 11.5. The van der Waals surface area contributed by atoms with E-state index in [-0.39, 0.29) is 20.1 Å². The zero-order chi connectivity index (χ0) is 24.8. The number of fused-ring (bicyclic) bond motifs is 3. The van der Waals surface area contributed by atoms with E-state index in [0.29, 0.717) is 11.8 Å². The fourth-order valence-corrected chi connectivity index (χ4v) is 6.27. The Balaban J connectivity index is 0.00000280. The third-order valence-corrected chi connectivity index (χ3v) is 8.09. The van der Waals surface area contributed by atoms with Crippen LogP contribution in [0.1, 0.15) is 50.7 Å². The van der Waals surface area contributed by atoms with Crippen LogP contribution in [-0.2, 0) is 20.1 Å². The molecule has 2 aromatic heterocycles. The number of hydrogen-bond acceptors (Lipinski definition) is 2.